The lowest BCUT2D eigenvalue weighted by Gasteiger charge is -2.37. The van der Waals surface area contributed by atoms with Crippen LogP contribution in [-0.4, -0.2) is 99.0 Å². The summed E-state index contributed by atoms with van der Waals surface area (Å²) in [7, 11) is 0. The van der Waals surface area contributed by atoms with Crippen molar-refractivity contribution in [3.63, 3.8) is 0 Å². The Morgan fingerprint density at radius 2 is 1.63 bits per heavy atom. The summed E-state index contributed by atoms with van der Waals surface area (Å²) in [5.74, 6) is -0.102. The first kappa shape index (κ1) is 30.2. The molecule has 2 aliphatic rings. The zero-order chi connectivity index (χ0) is 29.7. The number of nitrogens with one attached hydrogen (secondary N) is 1. The van der Waals surface area contributed by atoms with E-state index in [-0.39, 0.29) is 23.7 Å². The smallest absolute Gasteiger partial charge is 0.341 e. The molecule has 2 atom stereocenters. The van der Waals surface area contributed by atoms with Gasteiger partial charge in [-0.2, -0.15) is 4.98 Å². The summed E-state index contributed by atoms with van der Waals surface area (Å²) in [6, 6.07) is 7.82. The number of carbonyl (C=O) groups excluding carboxylic acids is 3. The Morgan fingerprint density at radius 3 is 2.27 bits per heavy atom. The van der Waals surface area contributed by atoms with Gasteiger partial charge in [-0.3, -0.25) is 19.5 Å². The molecule has 3 heterocycles. The van der Waals surface area contributed by atoms with E-state index in [1.807, 2.05) is 12.1 Å². The summed E-state index contributed by atoms with van der Waals surface area (Å²) < 4.78 is 1.37. The number of nitrogens with zero attached hydrogens (tertiary/aromatic N) is 5. The zero-order valence-electron chi connectivity index (χ0n) is 23.8. The number of hydrogen-bond acceptors (Lipinski definition) is 8. The molecule has 2 aliphatic heterocycles. The van der Waals surface area contributed by atoms with E-state index in [4.69, 9.17) is 17.2 Å². The van der Waals surface area contributed by atoms with Crippen molar-refractivity contribution in [1.82, 2.24) is 24.3 Å². The van der Waals surface area contributed by atoms with Crippen LogP contribution in [0.1, 0.15) is 38.7 Å². The van der Waals surface area contributed by atoms with E-state index in [0.717, 1.165) is 24.8 Å². The summed E-state index contributed by atoms with van der Waals surface area (Å²) in [6.45, 7) is 6.07. The molecule has 13 nitrogen and oxygen atoms in total. The van der Waals surface area contributed by atoms with Crippen LogP contribution in [-0.2, 0) is 16.0 Å². The molecule has 1 unspecified atom stereocenters. The summed E-state index contributed by atoms with van der Waals surface area (Å²) >= 11 is 0. The number of rotatable bonds is 6. The second kappa shape index (κ2) is 12.8. The van der Waals surface area contributed by atoms with Gasteiger partial charge in [-0.15, -0.1) is 0 Å². The number of piperazine rings is 1. The fourth-order valence-corrected chi connectivity index (χ4v) is 5.09. The minimum Gasteiger partial charge on any atom is -0.341 e. The molecule has 1 aromatic heterocycles. The minimum absolute atomic E-state index is 0.0730. The van der Waals surface area contributed by atoms with Crippen molar-refractivity contribution in [2.75, 3.05) is 44.6 Å². The van der Waals surface area contributed by atoms with Crippen LogP contribution in [0.15, 0.2) is 41.3 Å². The predicted molar refractivity (Wildman–Crippen MR) is 155 cm³/mol. The van der Waals surface area contributed by atoms with E-state index in [2.05, 4.69) is 10.3 Å². The topological polar surface area (TPSA) is 186 Å². The van der Waals surface area contributed by atoms with Gasteiger partial charge in [-0.05, 0) is 63.3 Å². The monoisotopic (exact) mass is 567 g/mol. The SMILES string of the molecule is CC(C)(N)C(=O)N1CCN(C(=O)Nc2ccn(-c3ccc(C[C@H](N)C(=O)N4CCCC(N)CC4)cc3)c(=O)n2)CC1. The number of anilines is 1. The number of amides is 4. The molecule has 0 spiro atoms. The molecule has 4 amide bonds. The van der Waals surface area contributed by atoms with E-state index in [1.54, 1.807) is 52.9 Å². The van der Waals surface area contributed by atoms with Gasteiger partial charge in [0.05, 0.1) is 17.3 Å². The van der Waals surface area contributed by atoms with Crippen LogP contribution in [0.2, 0.25) is 0 Å². The highest BCUT2D eigenvalue weighted by Gasteiger charge is 2.31. The maximum Gasteiger partial charge on any atom is 0.354 e. The average Bonchev–Trinajstić information content (AvgIpc) is 3.16. The number of benzene rings is 1. The molecule has 222 valence electrons. The molecule has 41 heavy (non-hydrogen) atoms. The lowest BCUT2D eigenvalue weighted by molar-refractivity contribution is -0.137. The van der Waals surface area contributed by atoms with Gasteiger partial charge >= 0.3 is 11.7 Å². The fraction of sp³-hybridized carbons (Fsp3) is 0.536. The maximum absolute atomic E-state index is 12.8. The molecule has 0 aliphatic carbocycles. The lowest BCUT2D eigenvalue weighted by Crippen LogP contribution is -2.58. The van der Waals surface area contributed by atoms with Crippen molar-refractivity contribution in [3.8, 4) is 5.69 Å². The highest BCUT2D eigenvalue weighted by atomic mass is 16.2. The van der Waals surface area contributed by atoms with E-state index in [1.165, 1.54) is 4.57 Å². The second-order valence-corrected chi connectivity index (χ2v) is 11.4. The normalized spacial score (nSPS) is 19.0. The van der Waals surface area contributed by atoms with Crippen LogP contribution in [0, 0.1) is 0 Å². The first-order valence-electron chi connectivity index (χ1n) is 14.1. The van der Waals surface area contributed by atoms with Crippen molar-refractivity contribution >= 4 is 23.7 Å². The maximum atomic E-state index is 12.8. The van der Waals surface area contributed by atoms with Crippen LogP contribution in [0.4, 0.5) is 10.6 Å². The van der Waals surface area contributed by atoms with Gasteiger partial charge in [-0.1, -0.05) is 12.1 Å². The van der Waals surface area contributed by atoms with Gasteiger partial charge in [0.1, 0.15) is 5.82 Å². The number of nitrogens with two attached hydrogens (primary N) is 3. The first-order chi connectivity index (χ1) is 19.4. The minimum atomic E-state index is -0.966. The van der Waals surface area contributed by atoms with E-state index in [9.17, 15) is 19.2 Å². The third-order valence-corrected chi connectivity index (χ3v) is 7.52. The van der Waals surface area contributed by atoms with Crippen LogP contribution in [0.25, 0.3) is 5.69 Å². The molecule has 4 rings (SSSR count). The molecule has 2 aromatic rings. The van der Waals surface area contributed by atoms with E-state index in [0.29, 0.717) is 51.4 Å². The summed E-state index contributed by atoms with van der Waals surface area (Å²) in [6.07, 6.45) is 4.50. The summed E-state index contributed by atoms with van der Waals surface area (Å²) in [4.78, 5) is 59.7. The molecule has 0 bridgehead atoms. The van der Waals surface area contributed by atoms with E-state index < -0.39 is 23.3 Å². The Hall–Kier alpha value is -3.81. The van der Waals surface area contributed by atoms with Crippen LogP contribution >= 0.6 is 0 Å². The van der Waals surface area contributed by atoms with Crippen molar-refractivity contribution in [1.29, 1.82) is 0 Å². The van der Waals surface area contributed by atoms with Crippen molar-refractivity contribution in [2.24, 2.45) is 17.2 Å². The molecular weight excluding hydrogens is 526 g/mol. The third-order valence-electron chi connectivity index (χ3n) is 7.52. The highest BCUT2D eigenvalue weighted by Crippen LogP contribution is 2.15. The van der Waals surface area contributed by atoms with Crippen LogP contribution in [0.5, 0.6) is 0 Å². The standard InChI is InChI=1S/C28H41N9O4/c1-28(2,31)25(39)35-14-16-36(17-15-35)26(40)32-23-10-13-37(27(41)33-23)21-7-5-19(6-8-21)18-22(30)24(38)34-11-3-4-20(29)9-12-34/h5-8,10,13,20,22H,3-4,9,11-12,14-18,29-31H2,1-2H3,(H,32,33,40,41)/t20?,22-/m0/s1. The highest BCUT2D eigenvalue weighted by molar-refractivity contribution is 5.89. The van der Waals surface area contributed by atoms with Gasteiger partial charge in [0.25, 0.3) is 0 Å². The quantitative estimate of drug-likeness (QED) is 0.371. The van der Waals surface area contributed by atoms with Gasteiger partial charge in [-0.25, -0.2) is 9.59 Å². The first-order valence-corrected chi connectivity index (χ1v) is 14.1. The average molecular weight is 568 g/mol. The van der Waals surface area contributed by atoms with Gasteiger partial charge in [0.2, 0.25) is 11.8 Å². The van der Waals surface area contributed by atoms with Crippen molar-refractivity contribution < 1.29 is 14.4 Å². The Morgan fingerprint density at radius 1 is 0.976 bits per heavy atom. The number of carbonyl (C=O) groups is 3. The Bertz CT molecular complexity index is 1300. The zero-order valence-corrected chi connectivity index (χ0v) is 23.8. The molecule has 7 N–H and O–H groups in total. The number of aromatic nitrogens is 2. The summed E-state index contributed by atoms with van der Waals surface area (Å²) in [5.41, 5.74) is 18.1. The molecule has 0 saturated carbocycles. The molecule has 2 saturated heterocycles. The Balaban J connectivity index is 1.31. The molecule has 13 heteroatoms. The Labute approximate surface area is 239 Å². The molecular formula is C28H41N9O4. The fourth-order valence-electron chi connectivity index (χ4n) is 5.09. The van der Waals surface area contributed by atoms with Gasteiger partial charge < -0.3 is 31.9 Å². The number of hydrogen-bond donors (Lipinski definition) is 4. The van der Waals surface area contributed by atoms with Crippen molar-refractivity contribution in [3.05, 3.63) is 52.6 Å². The summed E-state index contributed by atoms with van der Waals surface area (Å²) in [5, 5.41) is 2.66. The van der Waals surface area contributed by atoms with E-state index >= 15 is 0 Å². The van der Waals surface area contributed by atoms with Crippen LogP contribution in [0.3, 0.4) is 0 Å². The van der Waals surface area contributed by atoms with Gasteiger partial charge in [0, 0.05) is 51.5 Å². The van der Waals surface area contributed by atoms with Crippen LogP contribution < -0.4 is 28.2 Å². The number of urea groups is 1. The largest absolute Gasteiger partial charge is 0.354 e. The van der Waals surface area contributed by atoms with Gasteiger partial charge in [0.15, 0.2) is 0 Å². The van der Waals surface area contributed by atoms with Crippen molar-refractivity contribution in [2.45, 2.75) is 57.2 Å². The second-order valence-electron chi connectivity index (χ2n) is 11.4. The Kier molecular flexibility index (Phi) is 9.41. The molecule has 2 fully saturated rings. The molecule has 1 aromatic carbocycles. The lowest BCUT2D eigenvalue weighted by atomic mass is 10.0. The predicted octanol–water partition coefficient (Wildman–Crippen LogP) is -0.144. The molecule has 0 radical (unpaired) electrons. The third kappa shape index (κ3) is 7.69. The number of likely N-dealkylation sites (tertiary alicyclic amines) is 1.